The molecule has 4 rings (SSSR count). The molecule has 32 heavy (non-hydrogen) atoms. The third kappa shape index (κ3) is 4.64. The minimum Gasteiger partial charge on any atom is -0.479 e. The number of ketones is 1. The number of allylic oxidation sites excluding steroid dienone is 1. The summed E-state index contributed by atoms with van der Waals surface area (Å²) in [5, 5.41) is 4.47. The number of rotatable bonds is 6. The second-order valence-electron chi connectivity index (χ2n) is 7.04. The van der Waals surface area contributed by atoms with Crippen LogP contribution in [0.25, 0.3) is 6.08 Å². The average molecular weight is 474 g/mol. The lowest BCUT2D eigenvalue weighted by molar-refractivity contribution is -0.134. The first-order valence-electron chi connectivity index (χ1n) is 9.58. The van der Waals surface area contributed by atoms with Gasteiger partial charge in [-0.2, -0.15) is 0 Å². The molecule has 0 amide bonds. The molecule has 2 heterocycles. The van der Waals surface area contributed by atoms with Gasteiger partial charge in [0.1, 0.15) is 17.3 Å². The van der Waals surface area contributed by atoms with Crippen LogP contribution in [0.2, 0.25) is 10.0 Å². The van der Waals surface area contributed by atoms with E-state index >= 15 is 0 Å². The van der Waals surface area contributed by atoms with Gasteiger partial charge >= 0.3 is 5.97 Å². The number of methoxy groups -OCH3 is 1. The normalized spacial score (nSPS) is 13.8. The Morgan fingerprint density at radius 1 is 1.16 bits per heavy atom. The van der Waals surface area contributed by atoms with Crippen molar-refractivity contribution in [3.05, 3.63) is 74.7 Å². The number of aromatic nitrogens is 1. The molecule has 2 aromatic carbocycles. The molecule has 1 aliphatic heterocycles. The highest BCUT2D eigenvalue weighted by Gasteiger charge is 2.30. The molecule has 9 heteroatoms. The highest BCUT2D eigenvalue weighted by Crippen LogP contribution is 2.38. The fourth-order valence-electron chi connectivity index (χ4n) is 3.21. The van der Waals surface area contributed by atoms with Crippen LogP contribution in [0.5, 0.6) is 17.4 Å². The molecule has 7 nitrogen and oxygen atoms in total. The number of benzene rings is 2. The lowest BCUT2D eigenvalue weighted by Crippen LogP contribution is -2.09. The second kappa shape index (κ2) is 9.06. The third-order valence-electron chi connectivity index (χ3n) is 4.74. The lowest BCUT2D eigenvalue weighted by Gasteiger charge is -2.07. The van der Waals surface area contributed by atoms with Crippen molar-refractivity contribution in [3.63, 3.8) is 0 Å². The van der Waals surface area contributed by atoms with Crippen molar-refractivity contribution in [1.29, 1.82) is 0 Å². The van der Waals surface area contributed by atoms with Crippen molar-refractivity contribution in [1.82, 2.24) is 5.16 Å². The molecule has 3 aromatic rings. The minimum absolute atomic E-state index is 0.0801. The quantitative estimate of drug-likeness (QED) is 0.267. The number of hydrogen-bond donors (Lipinski definition) is 0. The van der Waals surface area contributed by atoms with E-state index in [1.807, 2.05) is 0 Å². The summed E-state index contributed by atoms with van der Waals surface area (Å²) in [6, 6.07) is 9.75. The predicted molar refractivity (Wildman–Crippen MR) is 118 cm³/mol. The molecule has 0 atom stereocenters. The van der Waals surface area contributed by atoms with Gasteiger partial charge in [0.15, 0.2) is 5.76 Å². The van der Waals surface area contributed by atoms with Crippen LogP contribution in [0.15, 0.2) is 46.7 Å². The summed E-state index contributed by atoms with van der Waals surface area (Å²) >= 11 is 12.0. The summed E-state index contributed by atoms with van der Waals surface area (Å²) in [5.41, 5.74) is 1.72. The Morgan fingerprint density at radius 3 is 2.69 bits per heavy atom. The third-order valence-corrected chi connectivity index (χ3v) is 5.48. The van der Waals surface area contributed by atoms with Gasteiger partial charge < -0.3 is 18.7 Å². The van der Waals surface area contributed by atoms with E-state index in [9.17, 15) is 9.59 Å². The summed E-state index contributed by atoms with van der Waals surface area (Å²) in [6.07, 6.45) is 1.97. The number of nitrogens with zero attached hydrogens (tertiary/aromatic N) is 1. The van der Waals surface area contributed by atoms with Crippen LogP contribution >= 0.6 is 23.2 Å². The number of ether oxygens (including phenoxy) is 3. The smallest absolute Gasteiger partial charge is 0.311 e. The molecule has 0 saturated heterocycles. The predicted octanol–water partition coefficient (Wildman–Crippen LogP) is 5.45. The monoisotopic (exact) mass is 473 g/mol. The SMILES string of the molecule is COc1cc(CCC(=O)Oc2cc(C)c3c(c2)O/C(=C\c2ccc(Cl)c(Cl)c2)C3=O)on1. The Hall–Kier alpha value is -3.29. The van der Waals surface area contributed by atoms with Gasteiger partial charge in [-0.15, -0.1) is 0 Å². The fraction of sp³-hybridized carbons (Fsp3) is 0.174. The van der Waals surface area contributed by atoms with E-state index < -0.39 is 5.97 Å². The Kier molecular flexibility index (Phi) is 6.21. The van der Waals surface area contributed by atoms with Crippen molar-refractivity contribution < 1.29 is 28.3 Å². The molecule has 0 spiro atoms. The summed E-state index contributed by atoms with van der Waals surface area (Å²) in [7, 11) is 1.48. The highest BCUT2D eigenvalue weighted by molar-refractivity contribution is 6.42. The molecule has 164 valence electrons. The van der Waals surface area contributed by atoms with Gasteiger partial charge in [0, 0.05) is 18.6 Å². The molecule has 0 radical (unpaired) electrons. The van der Waals surface area contributed by atoms with Crippen LogP contribution in [0.3, 0.4) is 0 Å². The van der Waals surface area contributed by atoms with Crippen LogP contribution in [-0.4, -0.2) is 24.0 Å². The van der Waals surface area contributed by atoms with Gasteiger partial charge in [-0.1, -0.05) is 29.3 Å². The van der Waals surface area contributed by atoms with E-state index in [0.29, 0.717) is 50.5 Å². The van der Waals surface area contributed by atoms with Crippen LogP contribution in [-0.2, 0) is 11.2 Å². The van der Waals surface area contributed by atoms with E-state index in [2.05, 4.69) is 5.16 Å². The van der Waals surface area contributed by atoms with E-state index in [1.54, 1.807) is 43.3 Å². The maximum absolute atomic E-state index is 12.8. The Bertz CT molecular complexity index is 1250. The lowest BCUT2D eigenvalue weighted by atomic mass is 10.0. The first-order chi connectivity index (χ1) is 15.3. The summed E-state index contributed by atoms with van der Waals surface area (Å²) in [4.78, 5) is 25.1. The van der Waals surface area contributed by atoms with Crippen LogP contribution in [0.1, 0.15) is 33.7 Å². The zero-order valence-corrected chi connectivity index (χ0v) is 18.6. The van der Waals surface area contributed by atoms with Crippen LogP contribution in [0.4, 0.5) is 0 Å². The van der Waals surface area contributed by atoms with Gasteiger partial charge in [-0.3, -0.25) is 9.59 Å². The number of Topliss-reactive ketones (excluding diaryl/α,β-unsaturated/α-hetero) is 1. The second-order valence-corrected chi connectivity index (χ2v) is 7.85. The van der Waals surface area contributed by atoms with Gasteiger partial charge in [0.25, 0.3) is 5.88 Å². The van der Waals surface area contributed by atoms with Crippen molar-refractivity contribution in [2.75, 3.05) is 7.11 Å². The zero-order valence-electron chi connectivity index (χ0n) is 17.1. The molecule has 0 bridgehead atoms. The minimum atomic E-state index is -0.462. The number of fused-ring (bicyclic) bond motifs is 1. The molecule has 1 aromatic heterocycles. The van der Waals surface area contributed by atoms with Gasteiger partial charge in [0.05, 0.1) is 29.1 Å². The molecule has 0 fully saturated rings. The zero-order chi connectivity index (χ0) is 22.8. The van der Waals surface area contributed by atoms with Crippen molar-refractivity contribution >= 4 is 41.0 Å². The first-order valence-corrected chi connectivity index (χ1v) is 10.3. The number of esters is 1. The summed E-state index contributed by atoms with van der Waals surface area (Å²) in [5.74, 6) is 0.874. The van der Waals surface area contributed by atoms with E-state index in [-0.39, 0.29) is 23.7 Å². The van der Waals surface area contributed by atoms with Crippen LogP contribution in [0, 0.1) is 6.92 Å². The van der Waals surface area contributed by atoms with Crippen molar-refractivity contribution in [2.24, 2.45) is 0 Å². The Labute approximate surface area is 193 Å². The number of hydrogen-bond acceptors (Lipinski definition) is 7. The maximum atomic E-state index is 12.8. The van der Waals surface area contributed by atoms with Gasteiger partial charge in [-0.25, -0.2) is 0 Å². The Morgan fingerprint density at radius 2 is 1.97 bits per heavy atom. The van der Waals surface area contributed by atoms with Crippen molar-refractivity contribution in [3.8, 4) is 17.4 Å². The molecule has 0 aliphatic carbocycles. The molecule has 1 aliphatic rings. The standard InChI is InChI=1S/C23H17Cl2NO6/c1-12-7-15(30-21(27)6-4-14-11-20(29-2)26-32-14)10-18-22(12)23(28)19(31-18)9-13-3-5-16(24)17(25)8-13/h3,5,7-11H,4,6H2,1-2H3/b19-9-. The molecule has 0 saturated carbocycles. The molecule has 0 N–H and O–H groups in total. The largest absolute Gasteiger partial charge is 0.479 e. The summed E-state index contributed by atoms with van der Waals surface area (Å²) in [6.45, 7) is 1.75. The Balaban J connectivity index is 1.47. The van der Waals surface area contributed by atoms with Gasteiger partial charge in [0.2, 0.25) is 5.78 Å². The fourth-order valence-corrected chi connectivity index (χ4v) is 3.51. The van der Waals surface area contributed by atoms with E-state index in [0.717, 1.165) is 0 Å². The maximum Gasteiger partial charge on any atom is 0.311 e. The molecular weight excluding hydrogens is 457 g/mol. The van der Waals surface area contributed by atoms with E-state index in [4.69, 9.17) is 41.9 Å². The van der Waals surface area contributed by atoms with Gasteiger partial charge in [-0.05, 0) is 47.5 Å². The number of carbonyl (C=O) groups excluding carboxylic acids is 2. The average Bonchev–Trinajstić information content (AvgIpc) is 3.34. The first kappa shape index (κ1) is 21.9. The number of aryl methyl sites for hydroxylation is 2. The van der Waals surface area contributed by atoms with E-state index in [1.165, 1.54) is 13.2 Å². The van der Waals surface area contributed by atoms with Crippen LogP contribution < -0.4 is 14.2 Å². The topological polar surface area (TPSA) is 87.9 Å². The summed E-state index contributed by atoms with van der Waals surface area (Å²) < 4.78 is 21.2. The highest BCUT2D eigenvalue weighted by atomic mass is 35.5. The molecule has 0 unspecified atom stereocenters. The number of carbonyl (C=O) groups is 2. The van der Waals surface area contributed by atoms with Crippen molar-refractivity contribution in [2.45, 2.75) is 19.8 Å². The molecular formula is C23H17Cl2NO6. The number of halogens is 2.